The molecule has 0 spiro atoms. The van der Waals surface area contributed by atoms with Gasteiger partial charge in [-0.2, -0.15) is 0 Å². The molecule has 0 aliphatic rings. The minimum Gasteiger partial charge on any atom is -0.369 e. The number of aromatic amines is 1. The van der Waals surface area contributed by atoms with Crippen molar-refractivity contribution in [3.05, 3.63) is 77.9 Å². The Morgan fingerprint density at radius 3 is 2.73 bits per heavy atom. The third-order valence-electron chi connectivity index (χ3n) is 3.55. The van der Waals surface area contributed by atoms with Crippen molar-refractivity contribution in [2.75, 3.05) is 0 Å². The molecule has 0 saturated heterocycles. The van der Waals surface area contributed by atoms with Gasteiger partial charge in [0.05, 0.1) is 12.7 Å². The molecule has 4 heteroatoms. The van der Waals surface area contributed by atoms with Gasteiger partial charge < -0.3 is 9.72 Å². The lowest BCUT2D eigenvalue weighted by atomic mass is 10.0. The van der Waals surface area contributed by atoms with Gasteiger partial charge in [0, 0.05) is 18.0 Å². The molecule has 0 unspecified atom stereocenters. The second kappa shape index (κ2) is 6.54. The van der Waals surface area contributed by atoms with Gasteiger partial charge >= 0.3 is 0 Å². The molecule has 3 aromatic rings. The van der Waals surface area contributed by atoms with Crippen molar-refractivity contribution in [1.29, 1.82) is 0 Å². The number of rotatable bonds is 5. The third-order valence-corrected chi connectivity index (χ3v) is 3.55. The number of halogens is 1. The number of nitrogens with one attached hydrogen (secondary N) is 1. The number of imidazole rings is 1. The van der Waals surface area contributed by atoms with Crippen molar-refractivity contribution >= 4 is 0 Å². The normalized spacial score (nSPS) is 12.3. The van der Waals surface area contributed by atoms with Gasteiger partial charge in [-0.25, -0.2) is 9.37 Å². The summed E-state index contributed by atoms with van der Waals surface area (Å²) in [6.45, 7) is 2.40. The molecule has 2 aromatic carbocycles. The first kappa shape index (κ1) is 14.5. The largest absolute Gasteiger partial charge is 0.369 e. The van der Waals surface area contributed by atoms with E-state index in [0.29, 0.717) is 12.4 Å². The van der Waals surface area contributed by atoms with Crippen molar-refractivity contribution in [2.24, 2.45) is 0 Å². The zero-order valence-corrected chi connectivity index (χ0v) is 12.3. The molecule has 0 aliphatic carbocycles. The Morgan fingerprint density at radius 1 is 1.18 bits per heavy atom. The molecule has 112 valence electrons. The lowest BCUT2D eigenvalue weighted by molar-refractivity contribution is 0.0527. The summed E-state index contributed by atoms with van der Waals surface area (Å²) in [5.74, 6) is 0.436. The van der Waals surface area contributed by atoms with Crippen LogP contribution in [0.2, 0.25) is 0 Å². The zero-order chi connectivity index (χ0) is 15.4. The van der Waals surface area contributed by atoms with Gasteiger partial charge in [0.25, 0.3) is 0 Å². The van der Waals surface area contributed by atoms with Crippen LogP contribution in [-0.2, 0) is 11.3 Å². The first-order valence-corrected chi connectivity index (χ1v) is 7.19. The molecule has 0 amide bonds. The average Bonchev–Trinajstić information content (AvgIpc) is 3.08. The molecule has 22 heavy (non-hydrogen) atoms. The van der Waals surface area contributed by atoms with Gasteiger partial charge in [0.15, 0.2) is 0 Å². The highest BCUT2D eigenvalue weighted by atomic mass is 19.1. The van der Waals surface area contributed by atoms with E-state index in [-0.39, 0.29) is 11.9 Å². The Morgan fingerprint density at radius 2 is 2.00 bits per heavy atom. The SMILES string of the molecule is C[C@@H](OCc1ccccc1)c1cc(F)ccc1-c1ncc[nH]1. The maximum Gasteiger partial charge on any atom is 0.137 e. The second-order valence-corrected chi connectivity index (χ2v) is 5.11. The van der Waals surface area contributed by atoms with Crippen LogP contribution in [-0.4, -0.2) is 9.97 Å². The Hall–Kier alpha value is -2.46. The number of ether oxygens (including phenoxy) is 1. The molecule has 1 aromatic heterocycles. The molecule has 0 aliphatic heterocycles. The standard InChI is InChI=1S/C18H17FN2O/c1-13(22-12-14-5-3-2-4-6-14)17-11-15(19)7-8-16(17)18-20-9-10-21-18/h2-11,13H,12H2,1H3,(H,20,21)/t13-/m1/s1. The molecule has 1 atom stereocenters. The molecule has 0 fully saturated rings. The van der Waals surface area contributed by atoms with E-state index in [2.05, 4.69) is 9.97 Å². The maximum absolute atomic E-state index is 13.6. The Labute approximate surface area is 128 Å². The van der Waals surface area contributed by atoms with E-state index in [9.17, 15) is 4.39 Å². The second-order valence-electron chi connectivity index (χ2n) is 5.11. The first-order valence-electron chi connectivity index (χ1n) is 7.19. The molecule has 0 radical (unpaired) electrons. The Kier molecular flexibility index (Phi) is 4.30. The van der Waals surface area contributed by atoms with E-state index in [1.165, 1.54) is 12.1 Å². The highest BCUT2D eigenvalue weighted by Crippen LogP contribution is 2.29. The van der Waals surface area contributed by atoms with Gasteiger partial charge in [0.2, 0.25) is 0 Å². The highest BCUT2D eigenvalue weighted by molar-refractivity contribution is 5.60. The van der Waals surface area contributed by atoms with Gasteiger partial charge in [-0.1, -0.05) is 30.3 Å². The van der Waals surface area contributed by atoms with Crippen LogP contribution in [0.25, 0.3) is 11.4 Å². The van der Waals surface area contributed by atoms with Gasteiger partial charge in [0.1, 0.15) is 11.6 Å². The fourth-order valence-corrected chi connectivity index (χ4v) is 2.38. The number of hydrogen-bond donors (Lipinski definition) is 1. The fraction of sp³-hybridized carbons (Fsp3) is 0.167. The molecule has 0 saturated carbocycles. The van der Waals surface area contributed by atoms with Gasteiger partial charge in [-0.15, -0.1) is 0 Å². The lowest BCUT2D eigenvalue weighted by Gasteiger charge is -2.17. The zero-order valence-electron chi connectivity index (χ0n) is 12.3. The third kappa shape index (κ3) is 3.23. The number of H-pyrrole nitrogens is 1. The summed E-state index contributed by atoms with van der Waals surface area (Å²) in [7, 11) is 0. The van der Waals surface area contributed by atoms with E-state index in [4.69, 9.17) is 4.74 Å². The molecule has 1 heterocycles. The minimum absolute atomic E-state index is 0.240. The molecule has 1 N–H and O–H groups in total. The van der Waals surface area contributed by atoms with Crippen LogP contribution >= 0.6 is 0 Å². The van der Waals surface area contributed by atoms with Crippen LogP contribution in [0, 0.1) is 5.82 Å². The highest BCUT2D eigenvalue weighted by Gasteiger charge is 2.15. The predicted molar refractivity (Wildman–Crippen MR) is 83.6 cm³/mol. The van der Waals surface area contributed by atoms with Crippen LogP contribution in [0.4, 0.5) is 4.39 Å². The summed E-state index contributed by atoms with van der Waals surface area (Å²) in [6.07, 6.45) is 3.19. The Balaban J connectivity index is 1.82. The molecule has 3 nitrogen and oxygen atoms in total. The van der Waals surface area contributed by atoms with Crippen molar-refractivity contribution < 1.29 is 9.13 Å². The molecule has 0 bridgehead atoms. The summed E-state index contributed by atoms with van der Waals surface area (Å²) < 4.78 is 19.5. The summed E-state index contributed by atoms with van der Waals surface area (Å²) in [4.78, 5) is 7.30. The topological polar surface area (TPSA) is 37.9 Å². The Bertz CT molecular complexity index is 726. The maximum atomic E-state index is 13.6. The number of hydrogen-bond acceptors (Lipinski definition) is 2. The summed E-state index contributed by atoms with van der Waals surface area (Å²) in [5.41, 5.74) is 2.73. The predicted octanol–water partition coefficient (Wildman–Crippen LogP) is 4.49. The number of nitrogens with zero attached hydrogens (tertiary/aromatic N) is 1. The molecular weight excluding hydrogens is 279 g/mol. The van der Waals surface area contributed by atoms with Crippen LogP contribution < -0.4 is 0 Å². The van der Waals surface area contributed by atoms with Crippen LogP contribution in [0.3, 0.4) is 0 Å². The number of benzene rings is 2. The van der Waals surface area contributed by atoms with E-state index in [1.54, 1.807) is 18.5 Å². The molecular formula is C18H17FN2O. The van der Waals surface area contributed by atoms with E-state index >= 15 is 0 Å². The van der Waals surface area contributed by atoms with Crippen molar-refractivity contribution in [3.63, 3.8) is 0 Å². The van der Waals surface area contributed by atoms with Gasteiger partial charge in [-0.05, 0) is 36.2 Å². The fourth-order valence-electron chi connectivity index (χ4n) is 2.38. The van der Waals surface area contributed by atoms with Crippen LogP contribution in [0.5, 0.6) is 0 Å². The first-order chi connectivity index (χ1) is 10.7. The van der Waals surface area contributed by atoms with Gasteiger partial charge in [-0.3, -0.25) is 0 Å². The van der Waals surface area contributed by atoms with E-state index in [1.807, 2.05) is 37.3 Å². The molecule has 3 rings (SSSR count). The summed E-state index contributed by atoms with van der Waals surface area (Å²) in [5, 5.41) is 0. The quantitative estimate of drug-likeness (QED) is 0.753. The monoisotopic (exact) mass is 296 g/mol. The van der Waals surface area contributed by atoms with Crippen LogP contribution in [0.15, 0.2) is 60.9 Å². The minimum atomic E-state index is -0.277. The van der Waals surface area contributed by atoms with Crippen molar-refractivity contribution in [3.8, 4) is 11.4 Å². The van der Waals surface area contributed by atoms with E-state index in [0.717, 1.165) is 16.7 Å². The number of aromatic nitrogens is 2. The summed E-state index contributed by atoms with van der Waals surface area (Å²) in [6, 6.07) is 14.6. The van der Waals surface area contributed by atoms with E-state index < -0.39 is 0 Å². The van der Waals surface area contributed by atoms with Crippen LogP contribution in [0.1, 0.15) is 24.2 Å². The van der Waals surface area contributed by atoms with Crippen molar-refractivity contribution in [1.82, 2.24) is 9.97 Å². The summed E-state index contributed by atoms with van der Waals surface area (Å²) >= 11 is 0. The van der Waals surface area contributed by atoms with Crippen molar-refractivity contribution in [2.45, 2.75) is 19.6 Å². The smallest absolute Gasteiger partial charge is 0.137 e. The lowest BCUT2D eigenvalue weighted by Crippen LogP contribution is -2.03. The average molecular weight is 296 g/mol.